The van der Waals surface area contributed by atoms with Gasteiger partial charge < -0.3 is 20.5 Å². The minimum absolute atomic E-state index is 0.111. The van der Waals surface area contributed by atoms with Gasteiger partial charge in [0, 0.05) is 11.8 Å². The summed E-state index contributed by atoms with van der Waals surface area (Å²) in [5.74, 6) is -0.443. The molecule has 0 aliphatic heterocycles. The van der Waals surface area contributed by atoms with Gasteiger partial charge in [-0.15, -0.1) is 0 Å². The number of carbonyl (C=O) groups excluding carboxylic acids is 2. The van der Waals surface area contributed by atoms with Crippen molar-refractivity contribution in [1.29, 1.82) is 0 Å². The predicted octanol–water partition coefficient (Wildman–Crippen LogP) is 0.914. The van der Waals surface area contributed by atoms with E-state index in [4.69, 9.17) is 15.2 Å². The number of carbonyl (C=O) groups is 2. The second kappa shape index (κ2) is 7.25. The van der Waals surface area contributed by atoms with E-state index >= 15 is 0 Å². The van der Waals surface area contributed by atoms with Crippen LogP contribution < -0.4 is 15.8 Å². The van der Waals surface area contributed by atoms with Crippen molar-refractivity contribution in [2.75, 3.05) is 19.0 Å². The summed E-state index contributed by atoms with van der Waals surface area (Å²) in [6.07, 6.45) is -0.111. The molecule has 1 amide bonds. The van der Waals surface area contributed by atoms with Crippen LogP contribution in [0.25, 0.3) is 0 Å². The van der Waals surface area contributed by atoms with Gasteiger partial charge in [-0.3, -0.25) is 9.59 Å². The van der Waals surface area contributed by atoms with Crippen LogP contribution in [-0.2, 0) is 14.3 Å². The van der Waals surface area contributed by atoms with E-state index in [2.05, 4.69) is 5.32 Å². The molecule has 0 spiro atoms. The lowest BCUT2D eigenvalue weighted by Gasteiger charge is -2.16. The molecular weight excluding hydrogens is 248 g/mol. The normalized spacial score (nSPS) is 11.5. The van der Waals surface area contributed by atoms with E-state index in [1.54, 1.807) is 38.3 Å². The molecule has 0 aliphatic carbocycles. The Kier molecular flexibility index (Phi) is 5.66. The minimum atomic E-state index is -0.814. The highest BCUT2D eigenvalue weighted by molar-refractivity contribution is 5.87. The Morgan fingerprint density at radius 2 is 2.16 bits per heavy atom. The molecule has 3 N–H and O–H groups in total. The topological polar surface area (TPSA) is 90.7 Å². The van der Waals surface area contributed by atoms with Gasteiger partial charge in [0.05, 0.1) is 20.1 Å². The van der Waals surface area contributed by atoms with Crippen molar-refractivity contribution in [3.8, 4) is 5.75 Å². The van der Waals surface area contributed by atoms with Gasteiger partial charge in [0.25, 0.3) is 0 Å². The summed E-state index contributed by atoms with van der Waals surface area (Å²) in [6.45, 7) is 1.97. The zero-order valence-corrected chi connectivity index (χ0v) is 11.0. The van der Waals surface area contributed by atoms with Crippen LogP contribution in [0.15, 0.2) is 24.3 Å². The van der Waals surface area contributed by atoms with Crippen molar-refractivity contribution in [3.63, 3.8) is 0 Å². The van der Waals surface area contributed by atoms with E-state index in [1.165, 1.54) is 0 Å². The molecule has 0 saturated carbocycles. The number of ether oxygens (including phenoxy) is 2. The monoisotopic (exact) mass is 266 g/mol. The van der Waals surface area contributed by atoms with Crippen LogP contribution in [0.3, 0.4) is 0 Å². The summed E-state index contributed by atoms with van der Waals surface area (Å²) in [7, 11) is 1.54. The fraction of sp³-hybridized carbons (Fsp3) is 0.385. The number of esters is 1. The highest BCUT2D eigenvalue weighted by atomic mass is 16.5. The predicted molar refractivity (Wildman–Crippen MR) is 70.8 cm³/mol. The Morgan fingerprint density at radius 3 is 2.74 bits per heavy atom. The fourth-order valence-electron chi connectivity index (χ4n) is 1.52. The van der Waals surface area contributed by atoms with Gasteiger partial charge in [-0.1, -0.05) is 6.07 Å². The standard InChI is InChI=1S/C13H18N2O4/c1-3-19-12(16)8-11(13(14)17)15-9-5-4-6-10(7-9)18-2/h4-7,11,15H,3,8H2,1-2H3,(H2,14,17). The van der Waals surface area contributed by atoms with Crippen molar-refractivity contribution in [3.05, 3.63) is 24.3 Å². The molecule has 104 valence electrons. The van der Waals surface area contributed by atoms with Gasteiger partial charge in [0.2, 0.25) is 5.91 Å². The van der Waals surface area contributed by atoms with Gasteiger partial charge in [-0.2, -0.15) is 0 Å². The van der Waals surface area contributed by atoms with Crippen LogP contribution in [0.2, 0.25) is 0 Å². The summed E-state index contributed by atoms with van der Waals surface area (Å²) in [5, 5.41) is 2.89. The lowest BCUT2D eigenvalue weighted by Crippen LogP contribution is -2.37. The third-order valence-electron chi connectivity index (χ3n) is 2.43. The molecule has 0 aliphatic rings. The van der Waals surface area contributed by atoms with Gasteiger partial charge >= 0.3 is 5.97 Å². The molecule has 0 heterocycles. The van der Waals surface area contributed by atoms with Crippen molar-refractivity contribution in [2.45, 2.75) is 19.4 Å². The molecule has 0 fully saturated rings. The first kappa shape index (κ1) is 14.8. The first-order valence-electron chi connectivity index (χ1n) is 5.92. The summed E-state index contributed by atoms with van der Waals surface area (Å²) in [4.78, 5) is 22.7. The van der Waals surface area contributed by atoms with E-state index in [-0.39, 0.29) is 13.0 Å². The number of benzene rings is 1. The molecule has 19 heavy (non-hydrogen) atoms. The number of nitrogens with two attached hydrogens (primary N) is 1. The van der Waals surface area contributed by atoms with Crippen LogP contribution in [0.4, 0.5) is 5.69 Å². The van der Waals surface area contributed by atoms with Gasteiger partial charge in [0.1, 0.15) is 11.8 Å². The zero-order valence-electron chi connectivity index (χ0n) is 11.0. The molecule has 6 nitrogen and oxygen atoms in total. The summed E-state index contributed by atoms with van der Waals surface area (Å²) < 4.78 is 9.86. The van der Waals surface area contributed by atoms with E-state index < -0.39 is 17.9 Å². The number of nitrogens with one attached hydrogen (secondary N) is 1. The van der Waals surface area contributed by atoms with E-state index in [0.717, 1.165) is 0 Å². The first-order valence-corrected chi connectivity index (χ1v) is 5.92. The molecule has 1 rings (SSSR count). The molecule has 1 aromatic carbocycles. The van der Waals surface area contributed by atoms with Crippen molar-refractivity contribution in [1.82, 2.24) is 0 Å². The Bertz CT molecular complexity index is 448. The SMILES string of the molecule is CCOC(=O)CC(Nc1cccc(OC)c1)C(N)=O. The van der Waals surface area contributed by atoms with Crippen molar-refractivity contribution < 1.29 is 19.1 Å². The van der Waals surface area contributed by atoms with E-state index in [9.17, 15) is 9.59 Å². The Morgan fingerprint density at radius 1 is 1.42 bits per heavy atom. The van der Waals surface area contributed by atoms with Crippen molar-refractivity contribution in [2.24, 2.45) is 5.73 Å². The number of amides is 1. The molecular formula is C13H18N2O4. The molecule has 0 radical (unpaired) electrons. The summed E-state index contributed by atoms with van der Waals surface area (Å²) in [5.41, 5.74) is 5.90. The average Bonchev–Trinajstić information content (AvgIpc) is 2.38. The maximum atomic E-state index is 11.4. The van der Waals surface area contributed by atoms with Crippen LogP contribution in [-0.4, -0.2) is 31.6 Å². The smallest absolute Gasteiger partial charge is 0.308 e. The number of anilines is 1. The van der Waals surface area contributed by atoms with Crippen LogP contribution in [0.1, 0.15) is 13.3 Å². The Balaban J connectivity index is 2.72. The van der Waals surface area contributed by atoms with Crippen LogP contribution in [0, 0.1) is 0 Å². The van der Waals surface area contributed by atoms with Crippen molar-refractivity contribution >= 4 is 17.6 Å². The number of rotatable bonds is 7. The number of primary amides is 1. The molecule has 0 saturated heterocycles. The molecule has 6 heteroatoms. The first-order chi connectivity index (χ1) is 9.06. The van der Waals surface area contributed by atoms with E-state index in [0.29, 0.717) is 11.4 Å². The van der Waals surface area contributed by atoms with Gasteiger partial charge in [0.15, 0.2) is 0 Å². The quantitative estimate of drug-likeness (QED) is 0.716. The van der Waals surface area contributed by atoms with Crippen LogP contribution >= 0.6 is 0 Å². The molecule has 0 aromatic heterocycles. The molecule has 1 unspecified atom stereocenters. The third-order valence-corrected chi connectivity index (χ3v) is 2.43. The maximum Gasteiger partial charge on any atom is 0.308 e. The Labute approximate surface area is 111 Å². The number of hydrogen-bond acceptors (Lipinski definition) is 5. The van der Waals surface area contributed by atoms with E-state index in [1.807, 2.05) is 0 Å². The maximum absolute atomic E-state index is 11.4. The largest absolute Gasteiger partial charge is 0.497 e. The highest BCUT2D eigenvalue weighted by Gasteiger charge is 2.20. The zero-order chi connectivity index (χ0) is 14.3. The molecule has 1 atom stereocenters. The number of methoxy groups -OCH3 is 1. The Hall–Kier alpha value is -2.24. The van der Waals surface area contributed by atoms with Gasteiger partial charge in [-0.25, -0.2) is 0 Å². The summed E-state index contributed by atoms with van der Waals surface area (Å²) in [6, 6.07) is 6.19. The second-order valence-electron chi connectivity index (χ2n) is 3.84. The average molecular weight is 266 g/mol. The fourth-order valence-corrected chi connectivity index (χ4v) is 1.52. The number of hydrogen-bond donors (Lipinski definition) is 2. The molecule has 0 bridgehead atoms. The molecule has 1 aromatic rings. The highest BCUT2D eigenvalue weighted by Crippen LogP contribution is 2.18. The van der Waals surface area contributed by atoms with Gasteiger partial charge in [-0.05, 0) is 19.1 Å². The lowest BCUT2D eigenvalue weighted by atomic mass is 10.1. The summed E-state index contributed by atoms with van der Waals surface area (Å²) >= 11 is 0. The minimum Gasteiger partial charge on any atom is -0.497 e. The second-order valence-corrected chi connectivity index (χ2v) is 3.84. The lowest BCUT2D eigenvalue weighted by molar-refractivity contribution is -0.144. The third kappa shape index (κ3) is 4.87. The van der Waals surface area contributed by atoms with Crippen LogP contribution in [0.5, 0.6) is 5.75 Å².